The number of nitrogens with one attached hydrogen (secondary N) is 1. The van der Waals surface area contributed by atoms with E-state index in [0.29, 0.717) is 12.8 Å². The molecule has 2 fully saturated rings. The molecule has 2 heterocycles. The highest BCUT2D eigenvalue weighted by Gasteiger charge is 2.31. The van der Waals surface area contributed by atoms with Gasteiger partial charge in [0.25, 0.3) is 0 Å². The molecule has 0 aromatic heterocycles. The summed E-state index contributed by atoms with van der Waals surface area (Å²) < 4.78 is 0. The molecular formula is C10H17N3O2. The predicted octanol–water partition coefficient (Wildman–Crippen LogP) is -0.961. The number of likely N-dealkylation sites (N-methyl/N-ethyl adjacent to an activating group) is 1. The molecule has 2 aliphatic heterocycles. The molecule has 0 radical (unpaired) electrons. The number of carbonyl (C=O) groups is 2. The fourth-order valence-corrected chi connectivity index (χ4v) is 2.05. The summed E-state index contributed by atoms with van der Waals surface area (Å²) in [6, 6.07) is -0.263. The van der Waals surface area contributed by atoms with Crippen molar-refractivity contribution >= 4 is 11.8 Å². The van der Waals surface area contributed by atoms with E-state index in [1.165, 1.54) is 0 Å². The second kappa shape index (κ2) is 4.18. The van der Waals surface area contributed by atoms with Gasteiger partial charge in [0.2, 0.25) is 11.8 Å². The van der Waals surface area contributed by atoms with E-state index in [0.717, 1.165) is 26.2 Å². The molecule has 0 spiro atoms. The van der Waals surface area contributed by atoms with Crippen LogP contribution in [0.3, 0.4) is 0 Å². The third-order valence-electron chi connectivity index (χ3n) is 3.11. The van der Waals surface area contributed by atoms with Gasteiger partial charge in [-0.2, -0.15) is 0 Å². The van der Waals surface area contributed by atoms with E-state index >= 15 is 0 Å². The third kappa shape index (κ3) is 2.28. The van der Waals surface area contributed by atoms with Crippen molar-refractivity contribution in [2.75, 3.05) is 33.2 Å². The van der Waals surface area contributed by atoms with Gasteiger partial charge < -0.3 is 15.1 Å². The smallest absolute Gasteiger partial charge is 0.245 e. The third-order valence-corrected chi connectivity index (χ3v) is 3.11. The standard InChI is InChI=1S/C10H17N3O2/c1-12-4-6-13(7-5-12)10(15)8-2-3-9(14)11-8/h8H,2-7H2,1H3,(H,11,14)/t8-/m0/s1. The van der Waals surface area contributed by atoms with E-state index in [1.807, 2.05) is 4.90 Å². The van der Waals surface area contributed by atoms with Crippen molar-refractivity contribution in [2.45, 2.75) is 18.9 Å². The fourth-order valence-electron chi connectivity index (χ4n) is 2.05. The topological polar surface area (TPSA) is 52.7 Å². The van der Waals surface area contributed by atoms with E-state index in [9.17, 15) is 9.59 Å². The first-order valence-corrected chi connectivity index (χ1v) is 5.43. The van der Waals surface area contributed by atoms with Crippen LogP contribution in [0.15, 0.2) is 0 Å². The van der Waals surface area contributed by atoms with Gasteiger partial charge in [-0.25, -0.2) is 0 Å². The Labute approximate surface area is 89.4 Å². The zero-order valence-corrected chi connectivity index (χ0v) is 9.03. The van der Waals surface area contributed by atoms with Gasteiger partial charge in [-0.05, 0) is 13.5 Å². The number of carbonyl (C=O) groups excluding carboxylic acids is 2. The summed E-state index contributed by atoms with van der Waals surface area (Å²) in [4.78, 5) is 27.0. The highest BCUT2D eigenvalue weighted by Crippen LogP contribution is 2.11. The molecule has 0 aromatic rings. The Bertz CT molecular complexity index is 272. The Balaban J connectivity index is 1.88. The van der Waals surface area contributed by atoms with Crippen molar-refractivity contribution < 1.29 is 9.59 Å². The number of hydrogen-bond donors (Lipinski definition) is 1. The average Bonchev–Trinajstić information content (AvgIpc) is 2.65. The Kier molecular flexibility index (Phi) is 2.90. The van der Waals surface area contributed by atoms with Crippen LogP contribution in [0.5, 0.6) is 0 Å². The minimum atomic E-state index is -0.263. The van der Waals surface area contributed by atoms with Crippen molar-refractivity contribution in [2.24, 2.45) is 0 Å². The molecule has 0 saturated carbocycles. The highest BCUT2D eigenvalue weighted by molar-refractivity contribution is 5.90. The molecule has 1 atom stereocenters. The van der Waals surface area contributed by atoms with E-state index in [2.05, 4.69) is 17.3 Å². The van der Waals surface area contributed by atoms with E-state index in [4.69, 9.17) is 0 Å². The minimum absolute atomic E-state index is 0.00229. The molecule has 2 amide bonds. The van der Waals surface area contributed by atoms with Crippen LogP contribution >= 0.6 is 0 Å². The van der Waals surface area contributed by atoms with Crippen LogP contribution in [0.4, 0.5) is 0 Å². The maximum absolute atomic E-state index is 11.9. The molecule has 0 aromatic carbocycles. The zero-order valence-electron chi connectivity index (χ0n) is 9.03. The number of nitrogens with zero attached hydrogens (tertiary/aromatic N) is 2. The first-order valence-electron chi connectivity index (χ1n) is 5.43. The first kappa shape index (κ1) is 10.4. The van der Waals surface area contributed by atoms with Crippen LogP contribution < -0.4 is 5.32 Å². The lowest BCUT2D eigenvalue weighted by Crippen LogP contribution is -2.52. The average molecular weight is 211 g/mol. The van der Waals surface area contributed by atoms with Gasteiger partial charge >= 0.3 is 0 Å². The van der Waals surface area contributed by atoms with Crippen LogP contribution in [-0.2, 0) is 9.59 Å². The van der Waals surface area contributed by atoms with Gasteiger partial charge in [0.15, 0.2) is 0 Å². The molecule has 5 heteroatoms. The molecule has 1 N–H and O–H groups in total. The molecule has 2 rings (SSSR count). The highest BCUT2D eigenvalue weighted by atomic mass is 16.2. The molecular weight excluding hydrogens is 194 g/mol. The van der Waals surface area contributed by atoms with Crippen LogP contribution in [-0.4, -0.2) is 60.9 Å². The monoisotopic (exact) mass is 211 g/mol. The fraction of sp³-hybridized carbons (Fsp3) is 0.800. The first-order chi connectivity index (χ1) is 7.16. The number of rotatable bonds is 1. The van der Waals surface area contributed by atoms with E-state index < -0.39 is 0 Å². The van der Waals surface area contributed by atoms with Gasteiger partial charge in [-0.15, -0.1) is 0 Å². The normalized spacial score (nSPS) is 27.9. The molecule has 15 heavy (non-hydrogen) atoms. The Hall–Kier alpha value is -1.10. The van der Waals surface area contributed by atoms with Gasteiger partial charge in [0.05, 0.1) is 0 Å². The number of amides is 2. The minimum Gasteiger partial charge on any atom is -0.344 e. The maximum Gasteiger partial charge on any atom is 0.245 e. The summed E-state index contributed by atoms with van der Waals surface area (Å²) in [5, 5.41) is 2.72. The summed E-state index contributed by atoms with van der Waals surface area (Å²) in [6.07, 6.45) is 1.15. The van der Waals surface area contributed by atoms with Crippen LogP contribution in [0.1, 0.15) is 12.8 Å². The second-order valence-corrected chi connectivity index (χ2v) is 4.29. The molecule has 84 valence electrons. The second-order valence-electron chi connectivity index (χ2n) is 4.29. The molecule has 0 bridgehead atoms. The molecule has 2 saturated heterocycles. The Morgan fingerprint density at radius 2 is 2.00 bits per heavy atom. The summed E-state index contributed by atoms with van der Waals surface area (Å²) in [5.41, 5.74) is 0. The van der Waals surface area contributed by atoms with Crippen molar-refractivity contribution in [3.63, 3.8) is 0 Å². The SMILES string of the molecule is CN1CCN(C(=O)[C@@H]2CCC(=O)N2)CC1. The molecule has 0 unspecified atom stereocenters. The predicted molar refractivity (Wildman–Crippen MR) is 55.2 cm³/mol. The summed E-state index contributed by atoms with van der Waals surface area (Å²) >= 11 is 0. The largest absolute Gasteiger partial charge is 0.344 e. The summed E-state index contributed by atoms with van der Waals surface area (Å²) in [7, 11) is 2.05. The van der Waals surface area contributed by atoms with E-state index in [-0.39, 0.29) is 17.9 Å². The summed E-state index contributed by atoms with van der Waals surface area (Å²) in [6.45, 7) is 3.40. The van der Waals surface area contributed by atoms with Crippen LogP contribution in [0.25, 0.3) is 0 Å². The van der Waals surface area contributed by atoms with Crippen LogP contribution in [0.2, 0.25) is 0 Å². The Morgan fingerprint density at radius 3 is 2.53 bits per heavy atom. The van der Waals surface area contributed by atoms with E-state index in [1.54, 1.807) is 0 Å². The van der Waals surface area contributed by atoms with Crippen molar-refractivity contribution in [1.29, 1.82) is 0 Å². The summed E-state index contributed by atoms with van der Waals surface area (Å²) in [5.74, 6) is 0.0939. The number of piperazine rings is 1. The van der Waals surface area contributed by atoms with Gasteiger partial charge in [-0.3, -0.25) is 9.59 Å². The van der Waals surface area contributed by atoms with Crippen molar-refractivity contribution in [3.8, 4) is 0 Å². The van der Waals surface area contributed by atoms with Crippen molar-refractivity contribution in [3.05, 3.63) is 0 Å². The van der Waals surface area contributed by atoms with Gasteiger partial charge in [-0.1, -0.05) is 0 Å². The molecule has 0 aliphatic carbocycles. The Morgan fingerprint density at radius 1 is 1.33 bits per heavy atom. The van der Waals surface area contributed by atoms with Gasteiger partial charge in [0.1, 0.15) is 6.04 Å². The zero-order chi connectivity index (χ0) is 10.8. The molecule has 5 nitrogen and oxygen atoms in total. The van der Waals surface area contributed by atoms with Crippen LogP contribution in [0, 0.1) is 0 Å². The lowest BCUT2D eigenvalue weighted by atomic mass is 10.2. The number of hydrogen-bond acceptors (Lipinski definition) is 3. The quantitative estimate of drug-likeness (QED) is 0.608. The maximum atomic E-state index is 11.9. The lowest BCUT2D eigenvalue weighted by molar-refractivity contribution is -0.135. The lowest BCUT2D eigenvalue weighted by Gasteiger charge is -2.33. The van der Waals surface area contributed by atoms with Crippen molar-refractivity contribution in [1.82, 2.24) is 15.1 Å². The molecule has 2 aliphatic rings. The van der Waals surface area contributed by atoms with Gasteiger partial charge in [0, 0.05) is 32.6 Å².